The predicted molar refractivity (Wildman–Crippen MR) is 186 cm³/mol. The number of esters is 1. The van der Waals surface area contributed by atoms with Gasteiger partial charge in [0.25, 0.3) is 0 Å². The lowest BCUT2D eigenvalue weighted by molar-refractivity contribution is 0.0599. The van der Waals surface area contributed by atoms with Crippen LogP contribution in [0, 0.1) is 27.7 Å². The van der Waals surface area contributed by atoms with E-state index in [-0.39, 0.29) is 5.97 Å². The highest BCUT2D eigenvalue weighted by molar-refractivity contribution is 5.89. The minimum absolute atomic E-state index is 0.287. The Labute approximate surface area is 279 Å². The molecule has 1 heterocycles. The van der Waals surface area contributed by atoms with Crippen LogP contribution >= 0.6 is 0 Å². The first-order chi connectivity index (χ1) is 22.3. The van der Waals surface area contributed by atoms with Gasteiger partial charge in [0.05, 0.1) is 31.5 Å². The fraction of sp³-hybridized carbons (Fsp3) is 0.316. The molecule has 0 radical (unpaired) electrons. The number of aliphatic hydroxyl groups is 2. The topological polar surface area (TPSA) is 149 Å². The van der Waals surface area contributed by atoms with Crippen LogP contribution < -0.4 is 4.74 Å². The molecule has 5 rings (SSSR count). The highest BCUT2D eigenvalue weighted by Crippen LogP contribution is 2.11. The van der Waals surface area contributed by atoms with Gasteiger partial charge in [-0.3, -0.25) is 0 Å². The van der Waals surface area contributed by atoms with Crippen molar-refractivity contribution in [1.82, 2.24) is 0 Å². The number of aliphatic hydroxyl groups excluding tert-OH is 2. The molecule has 0 aliphatic carbocycles. The molecule has 9 heteroatoms. The maximum atomic E-state index is 10.9. The molecule has 2 unspecified atom stereocenters. The Morgan fingerprint density at radius 3 is 1.40 bits per heavy atom. The quantitative estimate of drug-likeness (QED) is 0.133. The molecule has 0 aromatic heterocycles. The summed E-state index contributed by atoms with van der Waals surface area (Å²) in [6, 6.07) is 29.1. The van der Waals surface area contributed by atoms with Crippen molar-refractivity contribution in [2.45, 2.75) is 53.8 Å². The number of hydrogen-bond acceptors (Lipinski definition) is 8. The first-order valence-electron chi connectivity index (χ1n) is 15.0. The lowest BCUT2D eigenvalue weighted by atomic mass is 10.2. The van der Waals surface area contributed by atoms with Crippen LogP contribution in [0.4, 0.5) is 0 Å². The number of ether oxygens (including phenoxy) is 3. The molecule has 0 amide bonds. The number of rotatable bonds is 5. The molecular weight excluding hydrogens is 600 g/mol. The van der Waals surface area contributed by atoms with E-state index in [1.165, 1.54) is 18.2 Å². The summed E-state index contributed by atoms with van der Waals surface area (Å²) in [5, 5.41) is 31.5. The van der Waals surface area contributed by atoms with Crippen LogP contribution in [-0.2, 0) is 9.47 Å². The first-order valence-corrected chi connectivity index (χ1v) is 15.0. The summed E-state index contributed by atoms with van der Waals surface area (Å²) in [5.41, 5.74) is 5.66. The van der Waals surface area contributed by atoms with Crippen LogP contribution in [0.3, 0.4) is 0 Å². The standard InChI is InChI=1S/C10H14O2.C9H10O2.C8H8O2.C7H8O.C3H6O.CH4O/c1-8-3-5-10(6-4-8)12-7-9(2)11;1-7-3-5-8(6-4-7)9(10)11-2;1-6-2-4-7(5-3-6)8(9)10;1-6-2-4-7(8)5-3-6;1-3-2-4-3;1-2/h3-6,9,11H,7H2,1-2H3;3-6H,1-2H3;2-5H,1H3,(H,9,10);2-5,8H,1H3;3H,2H2,1H3;2H,1H3/p+1. The summed E-state index contributed by atoms with van der Waals surface area (Å²) in [7, 11) is 2.38. The lowest BCUT2D eigenvalue weighted by Gasteiger charge is -2.07. The summed E-state index contributed by atoms with van der Waals surface area (Å²) >= 11 is 0. The Bertz CT molecular complexity index is 1360. The number of aromatic hydroxyl groups is 1. The molecule has 47 heavy (non-hydrogen) atoms. The van der Waals surface area contributed by atoms with Gasteiger partial charge in [0.15, 0.2) is 0 Å². The van der Waals surface area contributed by atoms with Crippen LogP contribution in [0.1, 0.15) is 56.8 Å². The molecule has 4 aromatic rings. The molecule has 1 saturated heterocycles. The first kappa shape index (κ1) is 42.3. The van der Waals surface area contributed by atoms with Crippen LogP contribution in [-0.4, -0.2) is 72.0 Å². The van der Waals surface area contributed by atoms with E-state index in [1.807, 2.05) is 88.4 Å². The molecular formula is C38H51O9+. The molecule has 1 fully saturated rings. The van der Waals surface area contributed by atoms with E-state index in [0.717, 1.165) is 30.6 Å². The number of phenolic OH excluding ortho intramolecular Hbond substituents is 1. The molecule has 1 aliphatic rings. The van der Waals surface area contributed by atoms with Crippen molar-refractivity contribution in [3.05, 3.63) is 130 Å². The molecule has 0 saturated carbocycles. The molecule has 1 aliphatic heterocycles. The zero-order valence-corrected chi connectivity index (χ0v) is 28.7. The highest BCUT2D eigenvalue weighted by Gasteiger charge is 2.13. The zero-order valence-electron chi connectivity index (χ0n) is 28.7. The van der Waals surface area contributed by atoms with Crippen LogP contribution in [0.15, 0.2) is 97.1 Å². The number of carbonyl (C=O) groups excluding carboxylic acids is 2. The minimum atomic E-state index is -0.625. The third kappa shape index (κ3) is 22.5. The van der Waals surface area contributed by atoms with Crippen LogP contribution in [0.2, 0.25) is 0 Å². The van der Waals surface area contributed by atoms with E-state index >= 15 is 0 Å². The van der Waals surface area contributed by atoms with Gasteiger partial charge in [-0.05, 0) is 90.1 Å². The van der Waals surface area contributed by atoms with Gasteiger partial charge in [0, 0.05) is 11.9 Å². The van der Waals surface area contributed by atoms with Gasteiger partial charge >= 0.3 is 11.9 Å². The average molecular weight is 652 g/mol. The number of carbonyl (C=O) groups is 2. The van der Waals surface area contributed by atoms with Gasteiger partial charge in [-0.2, -0.15) is 0 Å². The van der Waals surface area contributed by atoms with Gasteiger partial charge in [-0.15, -0.1) is 0 Å². The van der Waals surface area contributed by atoms with E-state index in [9.17, 15) is 9.59 Å². The number of methoxy groups -OCH3 is 1. The van der Waals surface area contributed by atoms with Crippen molar-refractivity contribution < 1.29 is 44.2 Å². The lowest BCUT2D eigenvalue weighted by Crippen LogP contribution is -2.12. The van der Waals surface area contributed by atoms with Crippen molar-refractivity contribution in [2.24, 2.45) is 0 Å². The Kier molecular flexibility index (Phi) is 22.1. The molecule has 0 bridgehead atoms. The molecule has 256 valence electrons. The largest absolute Gasteiger partial charge is 0.561 e. The highest BCUT2D eigenvalue weighted by atomic mass is 16.6. The molecule has 4 aromatic carbocycles. The maximum absolute atomic E-state index is 10.9. The Balaban J connectivity index is 0.000000570. The van der Waals surface area contributed by atoms with Crippen molar-refractivity contribution in [3.8, 4) is 11.5 Å². The maximum Gasteiger partial charge on any atom is 0.549 e. The summed E-state index contributed by atoms with van der Waals surface area (Å²) in [5.74, 6) is 0.224. The van der Waals surface area contributed by atoms with Gasteiger partial charge in [-0.1, -0.05) is 70.8 Å². The minimum Gasteiger partial charge on any atom is -0.561 e. The predicted octanol–water partition coefficient (Wildman–Crippen LogP) is 6.11. The Morgan fingerprint density at radius 1 is 0.766 bits per heavy atom. The van der Waals surface area contributed by atoms with Crippen molar-refractivity contribution in [1.29, 1.82) is 0 Å². The number of epoxide rings is 1. The number of hydrogen-bond donors (Lipinski definition) is 3. The van der Waals surface area contributed by atoms with E-state index in [0.29, 0.717) is 29.6 Å². The second-order valence-corrected chi connectivity index (χ2v) is 10.5. The van der Waals surface area contributed by atoms with E-state index < -0.39 is 12.1 Å². The second-order valence-electron chi connectivity index (χ2n) is 10.5. The third-order valence-electron chi connectivity index (χ3n) is 5.83. The van der Waals surface area contributed by atoms with E-state index in [1.54, 1.807) is 43.3 Å². The average Bonchev–Trinajstić information content (AvgIpc) is 3.86. The van der Waals surface area contributed by atoms with Crippen molar-refractivity contribution in [2.75, 3.05) is 27.4 Å². The fourth-order valence-corrected chi connectivity index (χ4v) is 3.00. The summed E-state index contributed by atoms with van der Waals surface area (Å²) in [6.07, 6.45) is 0.173. The monoisotopic (exact) mass is 651 g/mol. The number of phenols is 1. The van der Waals surface area contributed by atoms with Gasteiger partial charge in [-0.25, -0.2) is 4.79 Å². The smallest absolute Gasteiger partial charge is 0.549 e. The molecule has 5 N–H and O–H groups in total. The van der Waals surface area contributed by atoms with Crippen LogP contribution in [0.5, 0.6) is 11.5 Å². The van der Waals surface area contributed by atoms with Gasteiger partial charge < -0.3 is 34.6 Å². The molecule has 2 atom stereocenters. The summed E-state index contributed by atoms with van der Waals surface area (Å²) in [6.45, 7) is 13.0. The molecule has 9 nitrogen and oxygen atoms in total. The summed E-state index contributed by atoms with van der Waals surface area (Å²) < 4.78 is 14.5. The van der Waals surface area contributed by atoms with Crippen LogP contribution in [0.25, 0.3) is 0 Å². The van der Waals surface area contributed by atoms with Gasteiger partial charge in [0.2, 0.25) is 0 Å². The Hall–Kier alpha value is -4.70. The summed E-state index contributed by atoms with van der Waals surface area (Å²) in [4.78, 5) is 21.3. The van der Waals surface area contributed by atoms with E-state index in [2.05, 4.69) is 11.7 Å². The molecule has 0 spiro atoms. The number of benzene rings is 4. The normalized spacial score (nSPS) is 12.4. The second kappa shape index (κ2) is 24.5. The zero-order chi connectivity index (χ0) is 35.8. The Morgan fingerprint density at radius 2 is 1.11 bits per heavy atom. The van der Waals surface area contributed by atoms with Crippen molar-refractivity contribution in [3.63, 3.8) is 0 Å². The van der Waals surface area contributed by atoms with Crippen molar-refractivity contribution >= 4 is 11.9 Å². The number of aryl methyl sites for hydroxylation is 4. The SMILES string of the molecule is CC1CO1.CO.COC(=O)c1ccc(C)cc1.Cc1ccc(C(=O)[OH2+])cc1.Cc1ccc(O)cc1.Cc1ccc(OCC(C)O)cc1. The fourth-order valence-electron chi connectivity index (χ4n) is 3.00. The third-order valence-corrected chi connectivity index (χ3v) is 5.83. The van der Waals surface area contributed by atoms with E-state index in [4.69, 9.17) is 29.9 Å². The van der Waals surface area contributed by atoms with Gasteiger partial charge in [0.1, 0.15) is 23.7 Å².